The topological polar surface area (TPSA) is 40.5 Å². The molecule has 0 unspecified atom stereocenters. The van der Waals surface area contributed by atoms with Crippen LogP contribution in [0.1, 0.15) is 18.0 Å². The van der Waals surface area contributed by atoms with Gasteiger partial charge in [0.15, 0.2) is 0 Å². The number of anilines is 1. The summed E-state index contributed by atoms with van der Waals surface area (Å²) in [6.45, 7) is 0. The van der Waals surface area contributed by atoms with Crippen LogP contribution in [0.25, 0.3) is 0 Å². The maximum atomic E-state index is 12.3. The number of hydrogen-bond donors (Lipinski definition) is 1. The fourth-order valence-corrected chi connectivity index (χ4v) is 3.18. The van der Waals surface area contributed by atoms with Crippen molar-refractivity contribution in [1.82, 2.24) is 0 Å². The first-order valence-electron chi connectivity index (χ1n) is 6.58. The predicted molar refractivity (Wildman–Crippen MR) is 86.4 cm³/mol. The molecular weight excluding hydrogens is 354 g/mol. The number of halogens is 2. The maximum absolute atomic E-state index is 12.3. The molecule has 0 bridgehead atoms. The summed E-state index contributed by atoms with van der Waals surface area (Å²) in [5.74, 6) is -0.276. The Balaban J connectivity index is 2.02. The van der Waals surface area contributed by atoms with Crippen LogP contribution in [0.3, 0.4) is 0 Å². The summed E-state index contributed by atoms with van der Waals surface area (Å²) >= 11 is 9.34. The van der Waals surface area contributed by atoms with Gasteiger partial charge >= 0.3 is 0 Å². The second-order valence-electron chi connectivity index (χ2n) is 5.01. The van der Waals surface area contributed by atoms with E-state index >= 15 is 0 Å². The molecule has 1 aliphatic heterocycles. The molecule has 0 aromatic heterocycles. The number of amides is 1. The SMILES string of the molecule is O=C1[C@@H](O)C[C@@H](c2cccc(Br)c2)N1c1ccc(Cl)cc1. The summed E-state index contributed by atoms with van der Waals surface area (Å²) in [5.41, 5.74) is 1.73. The van der Waals surface area contributed by atoms with Crippen LogP contribution in [0.2, 0.25) is 5.02 Å². The van der Waals surface area contributed by atoms with Gasteiger partial charge < -0.3 is 10.0 Å². The zero-order chi connectivity index (χ0) is 15.0. The summed E-state index contributed by atoms with van der Waals surface area (Å²) in [7, 11) is 0. The molecule has 2 atom stereocenters. The molecule has 2 aromatic carbocycles. The van der Waals surface area contributed by atoms with Gasteiger partial charge in [0.05, 0.1) is 6.04 Å². The van der Waals surface area contributed by atoms with E-state index in [2.05, 4.69) is 15.9 Å². The van der Waals surface area contributed by atoms with Crippen molar-refractivity contribution < 1.29 is 9.90 Å². The highest BCUT2D eigenvalue weighted by atomic mass is 79.9. The lowest BCUT2D eigenvalue weighted by atomic mass is 10.0. The molecule has 21 heavy (non-hydrogen) atoms. The summed E-state index contributed by atoms with van der Waals surface area (Å²) < 4.78 is 0.949. The molecule has 0 saturated carbocycles. The van der Waals surface area contributed by atoms with E-state index in [4.69, 9.17) is 11.6 Å². The van der Waals surface area contributed by atoms with Gasteiger partial charge in [0.2, 0.25) is 0 Å². The number of nitrogens with zero attached hydrogens (tertiary/aromatic N) is 1. The number of hydrogen-bond acceptors (Lipinski definition) is 2. The lowest BCUT2D eigenvalue weighted by Crippen LogP contribution is -2.30. The maximum Gasteiger partial charge on any atom is 0.256 e. The van der Waals surface area contributed by atoms with Gasteiger partial charge in [-0.1, -0.05) is 39.7 Å². The average Bonchev–Trinajstić information content (AvgIpc) is 2.76. The summed E-state index contributed by atoms with van der Waals surface area (Å²) in [6.07, 6.45) is -0.581. The fraction of sp³-hybridized carbons (Fsp3) is 0.188. The van der Waals surface area contributed by atoms with Crippen molar-refractivity contribution in [2.24, 2.45) is 0 Å². The highest BCUT2D eigenvalue weighted by Crippen LogP contribution is 2.38. The molecule has 3 nitrogen and oxygen atoms in total. The van der Waals surface area contributed by atoms with Crippen LogP contribution in [0.4, 0.5) is 5.69 Å². The minimum atomic E-state index is -0.968. The first-order valence-corrected chi connectivity index (χ1v) is 7.75. The lowest BCUT2D eigenvalue weighted by molar-refractivity contribution is -0.124. The molecule has 1 N–H and O–H groups in total. The van der Waals surface area contributed by atoms with Crippen molar-refractivity contribution in [3.8, 4) is 0 Å². The van der Waals surface area contributed by atoms with E-state index in [0.717, 1.165) is 15.7 Å². The molecule has 1 amide bonds. The molecule has 1 aliphatic rings. The van der Waals surface area contributed by atoms with Crippen LogP contribution >= 0.6 is 27.5 Å². The van der Waals surface area contributed by atoms with Crippen molar-refractivity contribution in [2.75, 3.05) is 4.90 Å². The smallest absolute Gasteiger partial charge is 0.256 e. The Bertz CT molecular complexity index is 674. The van der Waals surface area contributed by atoms with Gasteiger partial charge in [-0.2, -0.15) is 0 Å². The zero-order valence-corrected chi connectivity index (χ0v) is 13.4. The third-order valence-electron chi connectivity index (χ3n) is 3.62. The Morgan fingerprint density at radius 3 is 2.57 bits per heavy atom. The van der Waals surface area contributed by atoms with E-state index in [-0.39, 0.29) is 11.9 Å². The van der Waals surface area contributed by atoms with E-state index in [0.29, 0.717) is 11.4 Å². The summed E-state index contributed by atoms with van der Waals surface area (Å²) in [6, 6.07) is 14.7. The third kappa shape index (κ3) is 2.84. The predicted octanol–water partition coefficient (Wildman–Crippen LogP) is 3.94. The molecule has 1 fully saturated rings. The second kappa shape index (κ2) is 5.79. The molecule has 3 rings (SSSR count). The molecular formula is C16H13BrClNO2. The number of rotatable bonds is 2. The molecule has 0 radical (unpaired) electrons. The van der Waals surface area contributed by atoms with E-state index in [1.54, 1.807) is 29.2 Å². The van der Waals surface area contributed by atoms with Crippen LogP contribution in [0.5, 0.6) is 0 Å². The first kappa shape index (κ1) is 14.6. The lowest BCUT2D eigenvalue weighted by Gasteiger charge is -2.25. The highest BCUT2D eigenvalue weighted by molar-refractivity contribution is 9.10. The monoisotopic (exact) mass is 365 g/mol. The van der Waals surface area contributed by atoms with Gasteiger partial charge in [-0.05, 0) is 42.0 Å². The Hall–Kier alpha value is -1.36. The van der Waals surface area contributed by atoms with E-state index < -0.39 is 6.10 Å². The van der Waals surface area contributed by atoms with Crippen LogP contribution in [-0.2, 0) is 4.79 Å². The van der Waals surface area contributed by atoms with Crippen molar-refractivity contribution in [2.45, 2.75) is 18.6 Å². The van der Waals surface area contributed by atoms with Gasteiger partial charge in [0, 0.05) is 21.6 Å². The summed E-state index contributed by atoms with van der Waals surface area (Å²) in [5, 5.41) is 10.6. The van der Waals surface area contributed by atoms with Crippen LogP contribution in [0, 0.1) is 0 Å². The van der Waals surface area contributed by atoms with Gasteiger partial charge in [-0.25, -0.2) is 0 Å². The van der Waals surface area contributed by atoms with Crippen molar-refractivity contribution >= 4 is 39.1 Å². The Kier molecular flexibility index (Phi) is 4.02. The largest absolute Gasteiger partial charge is 0.383 e. The fourth-order valence-electron chi connectivity index (χ4n) is 2.64. The molecule has 1 saturated heterocycles. The average molecular weight is 367 g/mol. The van der Waals surface area contributed by atoms with Crippen molar-refractivity contribution in [1.29, 1.82) is 0 Å². The molecule has 0 aliphatic carbocycles. The standard InChI is InChI=1S/C16H13BrClNO2/c17-11-3-1-2-10(8-11)14-9-15(20)16(21)19(14)13-6-4-12(18)5-7-13/h1-8,14-15,20H,9H2/t14-,15-/m0/s1. The number of aliphatic hydroxyl groups is 1. The minimum absolute atomic E-state index is 0.175. The Morgan fingerprint density at radius 2 is 1.90 bits per heavy atom. The number of aliphatic hydroxyl groups excluding tert-OH is 1. The third-order valence-corrected chi connectivity index (χ3v) is 4.36. The van der Waals surface area contributed by atoms with Crippen molar-refractivity contribution in [3.05, 3.63) is 63.6 Å². The number of carbonyl (C=O) groups is 1. The molecule has 0 spiro atoms. The van der Waals surface area contributed by atoms with Gasteiger partial charge in [0.1, 0.15) is 6.10 Å². The van der Waals surface area contributed by atoms with E-state index in [1.807, 2.05) is 24.3 Å². The quantitative estimate of drug-likeness (QED) is 0.874. The molecule has 108 valence electrons. The highest BCUT2D eigenvalue weighted by Gasteiger charge is 2.40. The molecule has 1 heterocycles. The van der Waals surface area contributed by atoms with Crippen LogP contribution < -0.4 is 4.90 Å². The normalized spacial score (nSPS) is 21.9. The van der Waals surface area contributed by atoms with Gasteiger partial charge in [0.25, 0.3) is 5.91 Å². The van der Waals surface area contributed by atoms with Gasteiger partial charge in [-0.15, -0.1) is 0 Å². The second-order valence-corrected chi connectivity index (χ2v) is 6.36. The van der Waals surface area contributed by atoms with Crippen LogP contribution in [0.15, 0.2) is 53.0 Å². The van der Waals surface area contributed by atoms with Crippen molar-refractivity contribution in [3.63, 3.8) is 0 Å². The zero-order valence-electron chi connectivity index (χ0n) is 11.0. The Morgan fingerprint density at radius 1 is 1.19 bits per heavy atom. The first-order chi connectivity index (χ1) is 10.1. The number of carbonyl (C=O) groups excluding carboxylic acids is 1. The molecule has 2 aromatic rings. The Labute approximate surface area is 136 Å². The molecule has 5 heteroatoms. The van der Waals surface area contributed by atoms with Crippen LogP contribution in [-0.4, -0.2) is 17.1 Å². The van der Waals surface area contributed by atoms with E-state index in [9.17, 15) is 9.90 Å². The van der Waals surface area contributed by atoms with E-state index in [1.165, 1.54) is 0 Å². The number of benzene rings is 2. The van der Waals surface area contributed by atoms with Gasteiger partial charge in [-0.3, -0.25) is 4.79 Å². The minimum Gasteiger partial charge on any atom is -0.383 e. The summed E-state index contributed by atoms with van der Waals surface area (Å²) in [4.78, 5) is 13.9.